The third-order valence-corrected chi connectivity index (χ3v) is 3.65. The zero-order valence-electron chi connectivity index (χ0n) is 14.5. The fraction of sp³-hybridized carbons (Fsp3) is 0.368. The molecule has 1 aromatic carbocycles. The number of aromatic nitrogens is 1. The molecular formula is C19H26N4O. The summed E-state index contributed by atoms with van der Waals surface area (Å²) in [4.78, 5) is 18.5. The Kier molecular flexibility index (Phi) is 7.23. The standard InChI is InChI=1S/C19H26N4O/c1-23(2)14-6-12-20-17-9-10-18(22-15-17)19(24)21-13-11-16-7-4-3-5-8-16/h3-5,7-10,15,20H,6,11-14H2,1-2H3,(H,21,24). The Labute approximate surface area is 144 Å². The van der Waals surface area contributed by atoms with Crippen molar-refractivity contribution in [2.24, 2.45) is 0 Å². The minimum absolute atomic E-state index is 0.134. The van der Waals surface area contributed by atoms with Crippen LogP contribution < -0.4 is 10.6 Å². The van der Waals surface area contributed by atoms with Crippen molar-refractivity contribution >= 4 is 11.6 Å². The van der Waals surface area contributed by atoms with Gasteiger partial charge < -0.3 is 15.5 Å². The first-order valence-corrected chi connectivity index (χ1v) is 8.32. The average molecular weight is 326 g/mol. The normalized spacial score (nSPS) is 10.6. The van der Waals surface area contributed by atoms with Gasteiger partial charge in [0, 0.05) is 13.1 Å². The van der Waals surface area contributed by atoms with Crippen molar-refractivity contribution in [2.75, 3.05) is 39.0 Å². The second-order valence-corrected chi connectivity index (χ2v) is 6.01. The first-order chi connectivity index (χ1) is 11.6. The van der Waals surface area contributed by atoms with E-state index in [1.54, 1.807) is 12.3 Å². The summed E-state index contributed by atoms with van der Waals surface area (Å²) in [6, 6.07) is 13.8. The van der Waals surface area contributed by atoms with Crippen molar-refractivity contribution in [3.05, 3.63) is 59.9 Å². The number of anilines is 1. The number of hydrogen-bond acceptors (Lipinski definition) is 4. The van der Waals surface area contributed by atoms with E-state index in [4.69, 9.17) is 0 Å². The summed E-state index contributed by atoms with van der Waals surface area (Å²) < 4.78 is 0. The molecular weight excluding hydrogens is 300 g/mol. The van der Waals surface area contributed by atoms with E-state index in [9.17, 15) is 4.79 Å². The second kappa shape index (κ2) is 9.67. The summed E-state index contributed by atoms with van der Waals surface area (Å²) in [6.07, 6.45) is 3.59. The van der Waals surface area contributed by atoms with Gasteiger partial charge in [-0.05, 0) is 51.2 Å². The molecule has 0 fully saturated rings. The molecule has 0 atom stereocenters. The molecule has 0 radical (unpaired) electrons. The highest BCUT2D eigenvalue weighted by atomic mass is 16.1. The van der Waals surface area contributed by atoms with Crippen LogP contribution in [0.15, 0.2) is 48.7 Å². The molecule has 5 nitrogen and oxygen atoms in total. The highest BCUT2D eigenvalue weighted by molar-refractivity contribution is 5.92. The van der Waals surface area contributed by atoms with Crippen LogP contribution in [0.2, 0.25) is 0 Å². The van der Waals surface area contributed by atoms with E-state index in [1.807, 2.05) is 24.3 Å². The van der Waals surface area contributed by atoms with E-state index in [2.05, 4.69) is 46.7 Å². The molecule has 0 saturated heterocycles. The van der Waals surface area contributed by atoms with Crippen molar-refractivity contribution in [2.45, 2.75) is 12.8 Å². The number of nitrogens with zero attached hydrogens (tertiary/aromatic N) is 2. The van der Waals surface area contributed by atoms with Crippen molar-refractivity contribution in [3.8, 4) is 0 Å². The zero-order valence-corrected chi connectivity index (χ0v) is 14.5. The fourth-order valence-corrected chi connectivity index (χ4v) is 2.32. The predicted molar refractivity (Wildman–Crippen MR) is 98.4 cm³/mol. The Morgan fingerprint density at radius 3 is 2.54 bits per heavy atom. The van der Waals surface area contributed by atoms with Crippen LogP contribution in [0.25, 0.3) is 0 Å². The summed E-state index contributed by atoms with van der Waals surface area (Å²) in [6.45, 7) is 2.54. The monoisotopic (exact) mass is 326 g/mol. The number of nitrogens with one attached hydrogen (secondary N) is 2. The lowest BCUT2D eigenvalue weighted by Crippen LogP contribution is -2.26. The van der Waals surface area contributed by atoms with Crippen LogP contribution in [-0.2, 0) is 6.42 Å². The summed E-state index contributed by atoms with van der Waals surface area (Å²) >= 11 is 0. The molecule has 0 aliphatic rings. The van der Waals surface area contributed by atoms with Gasteiger partial charge in [-0.25, -0.2) is 4.98 Å². The number of benzene rings is 1. The Balaban J connectivity index is 1.72. The van der Waals surface area contributed by atoms with Crippen molar-refractivity contribution in [1.29, 1.82) is 0 Å². The number of rotatable bonds is 9. The van der Waals surface area contributed by atoms with Gasteiger partial charge in [0.15, 0.2) is 0 Å². The lowest BCUT2D eigenvalue weighted by Gasteiger charge is -2.10. The number of carbonyl (C=O) groups excluding carboxylic acids is 1. The molecule has 24 heavy (non-hydrogen) atoms. The third-order valence-electron chi connectivity index (χ3n) is 3.65. The minimum atomic E-state index is -0.134. The molecule has 1 heterocycles. The van der Waals surface area contributed by atoms with Crippen LogP contribution in [0.5, 0.6) is 0 Å². The number of hydrogen-bond donors (Lipinski definition) is 2. The average Bonchev–Trinajstić information content (AvgIpc) is 2.60. The molecule has 1 amide bonds. The largest absolute Gasteiger partial charge is 0.384 e. The van der Waals surface area contributed by atoms with E-state index in [1.165, 1.54) is 5.56 Å². The zero-order chi connectivity index (χ0) is 17.2. The Morgan fingerprint density at radius 2 is 1.88 bits per heavy atom. The highest BCUT2D eigenvalue weighted by Crippen LogP contribution is 2.06. The van der Waals surface area contributed by atoms with Crippen LogP contribution in [0.1, 0.15) is 22.5 Å². The van der Waals surface area contributed by atoms with Crippen molar-refractivity contribution in [3.63, 3.8) is 0 Å². The summed E-state index contributed by atoms with van der Waals surface area (Å²) in [7, 11) is 4.12. The van der Waals surface area contributed by atoms with Gasteiger partial charge >= 0.3 is 0 Å². The van der Waals surface area contributed by atoms with E-state index < -0.39 is 0 Å². The number of carbonyl (C=O) groups is 1. The highest BCUT2D eigenvalue weighted by Gasteiger charge is 2.06. The number of pyridine rings is 1. The quantitative estimate of drug-likeness (QED) is 0.695. The third kappa shape index (κ3) is 6.38. The summed E-state index contributed by atoms with van der Waals surface area (Å²) in [5.74, 6) is -0.134. The molecule has 1 aromatic heterocycles. The summed E-state index contributed by atoms with van der Waals surface area (Å²) in [5, 5.41) is 6.21. The molecule has 128 valence electrons. The maximum absolute atomic E-state index is 12.1. The fourth-order valence-electron chi connectivity index (χ4n) is 2.32. The molecule has 2 N–H and O–H groups in total. The van der Waals surface area contributed by atoms with Crippen molar-refractivity contribution in [1.82, 2.24) is 15.2 Å². The maximum atomic E-state index is 12.1. The lowest BCUT2D eigenvalue weighted by molar-refractivity contribution is 0.0949. The van der Waals surface area contributed by atoms with Crippen LogP contribution in [-0.4, -0.2) is 49.5 Å². The molecule has 5 heteroatoms. The van der Waals surface area contributed by atoms with Gasteiger partial charge in [0.1, 0.15) is 5.69 Å². The SMILES string of the molecule is CN(C)CCCNc1ccc(C(=O)NCCc2ccccc2)nc1. The van der Waals surface area contributed by atoms with E-state index >= 15 is 0 Å². The van der Waals surface area contributed by atoms with Crippen LogP contribution in [0.4, 0.5) is 5.69 Å². The van der Waals surface area contributed by atoms with Gasteiger partial charge in [-0.15, -0.1) is 0 Å². The minimum Gasteiger partial charge on any atom is -0.384 e. The molecule has 0 bridgehead atoms. The molecule has 0 spiro atoms. The first kappa shape index (κ1) is 17.9. The molecule has 0 aliphatic carbocycles. The number of amides is 1. The Hall–Kier alpha value is -2.40. The molecule has 0 aliphatic heterocycles. The summed E-state index contributed by atoms with van der Waals surface area (Å²) in [5.41, 5.74) is 2.60. The Bertz CT molecular complexity index is 611. The van der Waals surface area contributed by atoms with Crippen LogP contribution in [0, 0.1) is 0 Å². The molecule has 0 unspecified atom stereocenters. The topological polar surface area (TPSA) is 57.3 Å². The van der Waals surface area contributed by atoms with Gasteiger partial charge in [-0.2, -0.15) is 0 Å². The maximum Gasteiger partial charge on any atom is 0.269 e. The van der Waals surface area contributed by atoms with Gasteiger partial charge in [0.25, 0.3) is 5.91 Å². The van der Waals surface area contributed by atoms with Crippen molar-refractivity contribution < 1.29 is 4.79 Å². The Morgan fingerprint density at radius 1 is 1.08 bits per heavy atom. The molecule has 0 saturated carbocycles. The van der Waals surface area contributed by atoms with E-state index in [0.29, 0.717) is 12.2 Å². The molecule has 2 rings (SSSR count). The first-order valence-electron chi connectivity index (χ1n) is 8.32. The van der Waals surface area contributed by atoms with Gasteiger partial charge in [-0.3, -0.25) is 4.79 Å². The lowest BCUT2D eigenvalue weighted by atomic mass is 10.1. The predicted octanol–water partition coefficient (Wildman–Crippen LogP) is 2.42. The van der Waals surface area contributed by atoms with Crippen LogP contribution >= 0.6 is 0 Å². The van der Waals surface area contributed by atoms with E-state index in [0.717, 1.165) is 31.6 Å². The van der Waals surface area contributed by atoms with Gasteiger partial charge in [-0.1, -0.05) is 30.3 Å². The molecule has 2 aromatic rings. The van der Waals surface area contributed by atoms with Crippen LogP contribution in [0.3, 0.4) is 0 Å². The second-order valence-electron chi connectivity index (χ2n) is 6.01. The van der Waals surface area contributed by atoms with Gasteiger partial charge in [0.05, 0.1) is 11.9 Å². The van der Waals surface area contributed by atoms with E-state index in [-0.39, 0.29) is 5.91 Å². The van der Waals surface area contributed by atoms with Gasteiger partial charge in [0.2, 0.25) is 0 Å². The smallest absolute Gasteiger partial charge is 0.269 e.